The summed E-state index contributed by atoms with van der Waals surface area (Å²) in [5.74, 6) is 0.786. The van der Waals surface area contributed by atoms with E-state index in [9.17, 15) is 4.79 Å². The molecule has 0 fully saturated rings. The first-order chi connectivity index (χ1) is 11.2. The number of aryl methyl sites for hydroxylation is 1. The van der Waals surface area contributed by atoms with E-state index in [2.05, 4.69) is 10.3 Å². The number of hydrogen-bond donors (Lipinski definition) is 1. The number of carbonyl (C=O) groups excluding carboxylic acids is 1. The number of nitrogens with zero attached hydrogens (tertiary/aromatic N) is 2. The maximum atomic E-state index is 12.0. The molecule has 0 saturated carbocycles. The second-order valence-corrected chi connectivity index (χ2v) is 5.48. The number of amides is 1. The second kappa shape index (κ2) is 6.52. The number of carbonyl (C=O) groups is 1. The van der Waals surface area contributed by atoms with E-state index in [0.29, 0.717) is 13.0 Å². The first-order valence-corrected chi connectivity index (χ1v) is 7.45. The average Bonchev–Trinajstić information content (AvgIpc) is 2.94. The highest BCUT2D eigenvalue weighted by Gasteiger charge is 2.05. The minimum absolute atomic E-state index is 0.00344. The second-order valence-electron chi connectivity index (χ2n) is 5.48. The minimum Gasteiger partial charge on any atom is -0.497 e. The van der Waals surface area contributed by atoms with Gasteiger partial charge in [0.05, 0.1) is 30.9 Å². The molecule has 3 rings (SSSR count). The molecule has 5 heteroatoms. The van der Waals surface area contributed by atoms with Gasteiger partial charge >= 0.3 is 0 Å². The van der Waals surface area contributed by atoms with Crippen LogP contribution < -0.4 is 10.1 Å². The Bertz CT molecular complexity index is 822. The summed E-state index contributed by atoms with van der Waals surface area (Å²) in [5.41, 5.74) is 4.02. The number of hydrogen-bond acceptors (Lipinski definition) is 3. The largest absolute Gasteiger partial charge is 0.497 e. The van der Waals surface area contributed by atoms with Gasteiger partial charge in [-0.05, 0) is 35.4 Å². The monoisotopic (exact) mass is 309 g/mol. The first kappa shape index (κ1) is 15.1. The van der Waals surface area contributed by atoms with Gasteiger partial charge in [-0.3, -0.25) is 4.79 Å². The number of imidazole rings is 1. The van der Waals surface area contributed by atoms with Crippen LogP contribution in [0.1, 0.15) is 11.1 Å². The van der Waals surface area contributed by atoms with Crippen molar-refractivity contribution < 1.29 is 9.53 Å². The van der Waals surface area contributed by atoms with Crippen LogP contribution in [0.4, 0.5) is 0 Å². The molecular weight excluding hydrogens is 290 g/mol. The molecule has 5 nitrogen and oxygen atoms in total. The van der Waals surface area contributed by atoms with E-state index in [1.807, 2.05) is 54.1 Å². The lowest BCUT2D eigenvalue weighted by atomic mass is 10.1. The Morgan fingerprint density at radius 3 is 2.65 bits per heavy atom. The van der Waals surface area contributed by atoms with Crippen LogP contribution in [-0.4, -0.2) is 22.6 Å². The van der Waals surface area contributed by atoms with E-state index >= 15 is 0 Å². The maximum Gasteiger partial charge on any atom is 0.224 e. The van der Waals surface area contributed by atoms with Crippen LogP contribution >= 0.6 is 0 Å². The number of rotatable bonds is 5. The molecule has 0 atom stereocenters. The zero-order valence-corrected chi connectivity index (χ0v) is 13.2. The van der Waals surface area contributed by atoms with Crippen molar-refractivity contribution in [1.82, 2.24) is 14.9 Å². The fourth-order valence-corrected chi connectivity index (χ4v) is 2.48. The lowest BCUT2D eigenvalue weighted by molar-refractivity contribution is -0.120. The van der Waals surface area contributed by atoms with Crippen molar-refractivity contribution >= 4 is 16.9 Å². The molecule has 0 bridgehead atoms. The van der Waals surface area contributed by atoms with Crippen LogP contribution in [0.25, 0.3) is 11.0 Å². The van der Waals surface area contributed by atoms with Gasteiger partial charge in [-0.15, -0.1) is 0 Å². The maximum absolute atomic E-state index is 12.0. The van der Waals surface area contributed by atoms with Gasteiger partial charge in [0.15, 0.2) is 0 Å². The highest BCUT2D eigenvalue weighted by molar-refractivity contribution is 5.79. The van der Waals surface area contributed by atoms with Gasteiger partial charge in [0, 0.05) is 13.6 Å². The summed E-state index contributed by atoms with van der Waals surface area (Å²) in [6.07, 6.45) is 2.15. The highest BCUT2D eigenvalue weighted by Crippen LogP contribution is 2.14. The van der Waals surface area contributed by atoms with Crippen molar-refractivity contribution in [2.75, 3.05) is 7.11 Å². The Balaban J connectivity index is 1.58. The van der Waals surface area contributed by atoms with Crippen molar-refractivity contribution in [3.8, 4) is 5.75 Å². The molecule has 0 aliphatic carbocycles. The number of aromatic nitrogens is 2. The van der Waals surface area contributed by atoms with Crippen LogP contribution in [0, 0.1) is 0 Å². The zero-order chi connectivity index (χ0) is 16.2. The molecule has 2 aromatic carbocycles. The predicted octanol–water partition coefficient (Wildman–Crippen LogP) is 2.44. The Morgan fingerprint density at radius 2 is 1.91 bits per heavy atom. The lowest BCUT2D eigenvalue weighted by Gasteiger charge is -2.07. The molecule has 23 heavy (non-hydrogen) atoms. The SMILES string of the molecule is COc1ccc(CC(=O)NCc2ccc3c(c2)ncn3C)cc1. The summed E-state index contributed by atoms with van der Waals surface area (Å²) < 4.78 is 7.08. The summed E-state index contributed by atoms with van der Waals surface area (Å²) >= 11 is 0. The van der Waals surface area contributed by atoms with Gasteiger partial charge in [-0.25, -0.2) is 4.98 Å². The molecule has 0 radical (unpaired) electrons. The number of fused-ring (bicyclic) bond motifs is 1. The number of nitrogens with one attached hydrogen (secondary N) is 1. The van der Waals surface area contributed by atoms with E-state index in [-0.39, 0.29) is 5.91 Å². The molecule has 1 heterocycles. The van der Waals surface area contributed by atoms with E-state index < -0.39 is 0 Å². The van der Waals surface area contributed by atoms with E-state index in [1.54, 1.807) is 13.4 Å². The normalized spacial score (nSPS) is 10.7. The van der Waals surface area contributed by atoms with Crippen LogP contribution in [0.15, 0.2) is 48.8 Å². The minimum atomic E-state index is -0.00344. The van der Waals surface area contributed by atoms with E-state index in [1.165, 1.54) is 0 Å². The Labute approximate surface area is 134 Å². The molecule has 0 aliphatic rings. The fraction of sp³-hybridized carbons (Fsp3) is 0.222. The summed E-state index contributed by atoms with van der Waals surface area (Å²) in [7, 11) is 3.59. The molecule has 0 saturated heterocycles. The Kier molecular flexibility index (Phi) is 4.28. The van der Waals surface area contributed by atoms with Crippen molar-refractivity contribution in [1.29, 1.82) is 0 Å². The molecular formula is C18H19N3O2. The first-order valence-electron chi connectivity index (χ1n) is 7.45. The van der Waals surface area contributed by atoms with Crippen molar-refractivity contribution in [2.45, 2.75) is 13.0 Å². The van der Waals surface area contributed by atoms with Crippen molar-refractivity contribution in [2.24, 2.45) is 7.05 Å². The smallest absolute Gasteiger partial charge is 0.224 e. The fourth-order valence-electron chi connectivity index (χ4n) is 2.48. The molecule has 1 amide bonds. The molecule has 0 spiro atoms. The third-order valence-corrected chi connectivity index (χ3v) is 3.80. The molecule has 0 unspecified atom stereocenters. The summed E-state index contributed by atoms with van der Waals surface area (Å²) in [4.78, 5) is 16.4. The van der Waals surface area contributed by atoms with Gasteiger partial charge in [-0.2, -0.15) is 0 Å². The van der Waals surface area contributed by atoms with Gasteiger partial charge in [0.2, 0.25) is 5.91 Å². The van der Waals surface area contributed by atoms with Crippen LogP contribution in [0.3, 0.4) is 0 Å². The molecule has 1 N–H and O–H groups in total. The van der Waals surface area contributed by atoms with Crippen molar-refractivity contribution in [3.05, 3.63) is 59.9 Å². The number of ether oxygens (including phenoxy) is 1. The third-order valence-electron chi connectivity index (χ3n) is 3.80. The molecule has 1 aromatic heterocycles. The topological polar surface area (TPSA) is 56.1 Å². The third kappa shape index (κ3) is 3.51. The highest BCUT2D eigenvalue weighted by atomic mass is 16.5. The standard InChI is InChI=1S/C18H19N3O2/c1-21-12-20-16-9-14(5-8-17(16)21)11-19-18(22)10-13-3-6-15(23-2)7-4-13/h3-9,12H,10-11H2,1-2H3,(H,19,22). The van der Waals surface area contributed by atoms with E-state index in [4.69, 9.17) is 4.74 Å². The van der Waals surface area contributed by atoms with E-state index in [0.717, 1.165) is 27.9 Å². The predicted molar refractivity (Wildman–Crippen MR) is 89.3 cm³/mol. The van der Waals surface area contributed by atoms with Gasteiger partial charge in [0.1, 0.15) is 5.75 Å². The zero-order valence-electron chi connectivity index (χ0n) is 13.2. The quantitative estimate of drug-likeness (QED) is 0.787. The average molecular weight is 309 g/mol. The van der Waals surface area contributed by atoms with Crippen LogP contribution in [0.2, 0.25) is 0 Å². The van der Waals surface area contributed by atoms with Crippen molar-refractivity contribution in [3.63, 3.8) is 0 Å². The van der Waals surface area contributed by atoms with Crippen LogP contribution in [0.5, 0.6) is 5.75 Å². The summed E-state index contributed by atoms with van der Waals surface area (Å²) in [6.45, 7) is 0.501. The number of benzene rings is 2. The summed E-state index contributed by atoms with van der Waals surface area (Å²) in [5, 5.41) is 2.94. The summed E-state index contributed by atoms with van der Waals surface area (Å²) in [6, 6.07) is 13.6. The molecule has 0 aliphatic heterocycles. The lowest BCUT2D eigenvalue weighted by Crippen LogP contribution is -2.24. The van der Waals surface area contributed by atoms with Crippen LogP contribution in [-0.2, 0) is 24.8 Å². The Hall–Kier alpha value is -2.82. The molecule has 118 valence electrons. The van der Waals surface area contributed by atoms with Gasteiger partial charge in [-0.1, -0.05) is 18.2 Å². The molecule has 3 aromatic rings. The Morgan fingerprint density at radius 1 is 1.17 bits per heavy atom. The van der Waals surface area contributed by atoms with Gasteiger partial charge < -0.3 is 14.6 Å². The van der Waals surface area contributed by atoms with Gasteiger partial charge in [0.25, 0.3) is 0 Å². The number of methoxy groups -OCH3 is 1.